The molecule has 1 aliphatic carbocycles. The smallest absolute Gasteiger partial charge is 0.180 e. The van der Waals surface area contributed by atoms with Crippen molar-refractivity contribution in [2.75, 3.05) is 13.7 Å². The molecule has 0 heterocycles. The number of rotatable bonds is 6. The third kappa shape index (κ3) is 4.03. The Morgan fingerprint density at radius 3 is 2.65 bits per heavy atom. The summed E-state index contributed by atoms with van der Waals surface area (Å²) in [6.07, 6.45) is 6.28. The summed E-state index contributed by atoms with van der Waals surface area (Å²) in [6.45, 7) is 3.80. The van der Waals surface area contributed by atoms with E-state index in [0.717, 1.165) is 37.2 Å². The Hall–Kier alpha value is -0.930. The highest BCUT2D eigenvalue weighted by Crippen LogP contribution is 2.38. The Balaban J connectivity index is 2.14. The minimum absolute atomic E-state index is 0.273. The molecule has 0 bridgehead atoms. The van der Waals surface area contributed by atoms with E-state index in [9.17, 15) is 0 Å². The summed E-state index contributed by atoms with van der Waals surface area (Å²) in [7, 11) is 1.66. The molecule has 3 nitrogen and oxygen atoms in total. The largest absolute Gasteiger partial charge is 0.493 e. The van der Waals surface area contributed by atoms with Crippen LogP contribution in [-0.2, 0) is 6.54 Å². The van der Waals surface area contributed by atoms with E-state index < -0.39 is 0 Å². The lowest BCUT2D eigenvalue weighted by atomic mass is 9.98. The first-order valence-corrected chi connectivity index (χ1v) is 7.86. The van der Waals surface area contributed by atoms with Crippen LogP contribution in [0.2, 0.25) is 5.02 Å². The molecule has 0 amide bonds. The summed E-state index contributed by atoms with van der Waals surface area (Å²) < 4.78 is 11.5. The van der Waals surface area contributed by atoms with E-state index in [2.05, 4.69) is 12.2 Å². The number of hydrogen-bond donors (Lipinski definition) is 1. The molecule has 0 aromatic heterocycles. The van der Waals surface area contributed by atoms with E-state index in [4.69, 9.17) is 21.1 Å². The van der Waals surface area contributed by atoms with E-state index in [1.54, 1.807) is 7.11 Å². The molecule has 112 valence electrons. The minimum atomic E-state index is 0.273. The molecule has 0 aliphatic heterocycles. The maximum Gasteiger partial charge on any atom is 0.180 e. The molecular formula is C16H24ClNO2. The van der Waals surface area contributed by atoms with Gasteiger partial charge in [-0.25, -0.2) is 0 Å². The standard InChI is InChI=1S/C16H24ClNO2/c1-3-18-11-12-9-14(17)16(15(10-12)19-2)20-13-7-5-4-6-8-13/h9-10,13,18H,3-8,11H2,1-2H3. The van der Waals surface area contributed by atoms with Gasteiger partial charge in [-0.05, 0) is 49.9 Å². The van der Waals surface area contributed by atoms with E-state index >= 15 is 0 Å². The molecule has 1 N–H and O–H groups in total. The van der Waals surface area contributed by atoms with Gasteiger partial charge in [-0.2, -0.15) is 0 Å². The van der Waals surface area contributed by atoms with Gasteiger partial charge in [0.1, 0.15) is 0 Å². The number of benzene rings is 1. The van der Waals surface area contributed by atoms with Crippen LogP contribution in [0.1, 0.15) is 44.6 Å². The molecule has 20 heavy (non-hydrogen) atoms. The number of methoxy groups -OCH3 is 1. The second-order valence-corrected chi connectivity index (χ2v) is 5.67. The third-order valence-electron chi connectivity index (χ3n) is 3.71. The van der Waals surface area contributed by atoms with E-state index in [-0.39, 0.29) is 6.10 Å². The summed E-state index contributed by atoms with van der Waals surface area (Å²) in [6, 6.07) is 3.97. The van der Waals surface area contributed by atoms with Crippen molar-refractivity contribution in [2.24, 2.45) is 0 Å². The molecule has 0 atom stereocenters. The number of hydrogen-bond acceptors (Lipinski definition) is 3. The molecule has 1 fully saturated rings. The fourth-order valence-electron chi connectivity index (χ4n) is 2.61. The van der Waals surface area contributed by atoms with E-state index in [0.29, 0.717) is 10.8 Å². The topological polar surface area (TPSA) is 30.5 Å². The zero-order valence-electron chi connectivity index (χ0n) is 12.4. The van der Waals surface area contributed by atoms with Gasteiger partial charge >= 0.3 is 0 Å². The van der Waals surface area contributed by atoms with Crippen molar-refractivity contribution < 1.29 is 9.47 Å². The highest BCUT2D eigenvalue weighted by Gasteiger charge is 2.19. The third-order valence-corrected chi connectivity index (χ3v) is 3.99. The average Bonchev–Trinajstić information content (AvgIpc) is 2.48. The Morgan fingerprint density at radius 1 is 1.25 bits per heavy atom. The van der Waals surface area contributed by atoms with Crippen LogP contribution in [0.15, 0.2) is 12.1 Å². The van der Waals surface area contributed by atoms with Crippen molar-refractivity contribution in [1.82, 2.24) is 5.32 Å². The molecule has 1 aliphatic rings. The van der Waals surface area contributed by atoms with Crippen LogP contribution in [0.25, 0.3) is 0 Å². The van der Waals surface area contributed by atoms with Gasteiger partial charge in [0, 0.05) is 6.54 Å². The summed E-state index contributed by atoms with van der Waals surface area (Å²) in [5.41, 5.74) is 1.12. The lowest BCUT2D eigenvalue weighted by Gasteiger charge is -2.24. The van der Waals surface area contributed by atoms with Crippen LogP contribution in [0.5, 0.6) is 11.5 Å². The summed E-state index contributed by atoms with van der Waals surface area (Å²) >= 11 is 6.38. The van der Waals surface area contributed by atoms with Gasteiger partial charge in [-0.3, -0.25) is 0 Å². The number of nitrogens with one attached hydrogen (secondary N) is 1. The highest BCUT2D eigenvalue weighted by atomic mass is 35.5. The predicted octanol–water partition coefficient (Wildman–Crippen LogP) is 4.17. The van der Waals surface area contributed by atoms with Crippen molar-refractivity contribution in [2.45, 2.75) is 51.7 Å². The van der Waals surface area contributed by atoms with Gasteiger partial charge in [0.05, 0.1) is 18.2 Å². The van der Waals surface area contributed by atoms with Gasteiger partial charge in [-0.1, -0.05) is 24.9 Å². The SMILES string of the molecule is CCNCc1cc(Cl)c(OC2CCCCC2)c(OC)c1. The number of ether oxygens (including phenoxy) is 2. The molecule has 0 spiro atoms. The van der Waals surface area contributed by atoms with Gasteiger partial charge in [0.25, 0.3) is 0 Å². The molecule has 0 radical (unpaired) electrons. The second kappa shape index (κ2) is 7.75. The molecule has 0 saturated heterocycles. The van der Waals surface area contributed by atoms with Crippen LogP contribution in [-0.4, -0.2) is 19.8 Å². The highest BCUT2D eigenvalue weighted by molar-refractivity contribution is 6.32. The predicted molar refractivity (Wildman–Crippen MR) is 82.9 cm³/mol. The fourth-order valence-corrected chi connectivity index (χ4v) is 2.89. The van der Waals surface area contributed by atoms with Crippen LogP contribution in [0.4, 0.5) is 0 Å². The molecule has 4 heteroatoms. The normalized spacial score (nSPS) is 16.1. The zero-order chi connectivity index (χ0) is 14.4. The molecule has 2 rings (SSSR count). The van der Waals surface area contributed by atoms with Crippen LogP contribution in [0, 0.1) is 0 Å². The lowest BCUT2D eigenvalue weighted by molar-refractivity contribution is 0.149. The lowest BCUT2D eigenvalue weighted by Crippen LogP contribution is -2.20. The monoisotopic (exact) mass is 297 g/mol. The Morgan fingerprint density at radius 2 is 2.00 bits per heavy atom. The van der Waals surface area contributed by atoms with Gasteiger partial charge in [-0.15, -0.1) is 0 Å². The van der Waals surface area contributed by atoms with Gasteiger partial charge in [0.15, 0.2) is 11.5 Å². The molecular weight excluding hydrogens is 274 g/mol. The van der Waals surface area contributed by atoms with Crippen LogP contribution < -0.4 is 14.8 Å². The second-order valence-electron chi connectivity index (χ2n) is 5.27. The van der Waals surface area contributed by atoms with Crippen molar-refractivity contribution in [3.8, 4) is 11.5 Å². The minimum Gasteiger partial charge on any atom is -0.493 e. The van der Waals surface area contributed by atoms with Crippen LogP contribution >= 0.6 is 11.6 Å². The maximum absolute atomic E-state index is 6.38. The number of halogens is 1. The van der Waals surface area contributed by atoms with Crippen molar-refractivity contribution in [1.29, 1.82) is 0 Å². The molecule has 0 unspecified atom stereocenters. The van der Waals surface area contributed by atoms with E-state index in [1.807, 2.05) is 12.1 Å². The Bertz CT molecular complexity index is 431. The van der Waals surface area contributed by atoms with Crippen molar-refractivity contribution in [3.63, 3.8) is 0 Å². The first kappa shape index (κ1) is 15.5. The summed E-state index contributed by atoms with van der Waals surface area (Å²) in [5.74, 6) is 1.43. The Labute approximate surface area is 126 Å². The fraction of sp³-hybridized carbons (Fsp3) is 0.625. The van der Waals surface area contributed by atoms with Gasteiger partial charge < -0.3 is 14.8 Å². The first-order valence-electron chi connectivity index (χ1n) is 7.48. The molecule has 1 aromatic rings. The van der Waals surface area contributed by atoms with Crippen LogP contribution in [0.3, 0.4) is 0 Å². The molecule has 1 saturated carbocycles. The van der Waals surface area contributed by atoms with Crippen molar-refractivity contribution >= 4 is 11.6 Å². The zero-order valence-corrected chi connectivity index (χ0v) is 13.1. The van der Waals surface area contributed by atoms with E-state index in [1.165, 1.54) is 19.3 Å². The molecule has 1 aromatic carbocycles. The maximum atomic E-state index is 6.38. The first-order chi connectivity index (χ1) is 9.74. The quantitative estimate of drug-likeness (QED) is 0.855. The summed E-state index contributed by atoms with van der Waals surface area (Å²) in [5, 5.41) is 3.93. The Kier molecular flexibility index (Phi) is 5.99. The van der Waals surface area contributed by atoms with Gasteiger partial charge in [0.2, 0.25) is 0 Å². The average molecular weight is 298 g/mol. The summed E-state index contributed by atoms with van der Waals surface area (Å²) in [4.78, 5) is 0. The van der Waals surface area contributed by atoms with Crippen molar-refractivity contribution in [3.05, 3.63) is 22.7 Å².